The van der Waals surface area contributed by atoms with Gasteiger partial charge in [-0.3, -0.25) is 9.59 Å². The van der Waals surface area contributed by atoms with E-state index >= 15 is 0 Å². The fourth-order valence-corrected chi connectivity index (χ4v) is 3.07. The highest BCUT2D eigenvalue weighted by molar-refractivity contribution is 5.85. The second-order valence-corrected chi connectivity index (χ2v) is 9.18. The number of aliphatic carboxylic acids is 1. The van der Waals surface area contributed by atoms with Crippen LogP contribution in [0.15, 0.2) is 30.3 Å². The fourth-order valence-electron chi connectivity index (χ4n) is 3.07. The summed E-state index contributed by atoms with van der Waals surface area (Å²) < 4.78 is 10.4. The number of carboxylic acid groups (broad SMARTS) is 1. The van der Waals surface area contributed by atoms with Crippen molar-refractivity contribution in [1.29, 1.82) is 0 Å². The molecule has 0 aromatic heterocycles. The van der Waals surface area contributed by atoms with Gasteiger partial charge in [0, 0.05) is 19.5 Å². The third-order valence-electron chi connectivity index (χ3n) is 4.78. The van der Waals surface area contributed by atoms with Crippen molar-refractivity contribution >= 4 is 24.1 Å². The lowest BCUT2D eigenvalue weighted by atomic mass is 10.1. The van der Waals surface area contributed by atoms with Gasteiger partial charge in [0.25, 0.3) is 0 Å². The highest BCUT2D eigenvalue weighted by Crippen LogP contribution is 2.09. The van der Waals surface area contributed by atoms with Crippen molar-refractivity contribution in [3.8, 4) is 0 Å². The molecule has 0 heterocycles. The maximum atomic E-state index is 12.6. The maximum Gasteiger partial charge on any atom is 0.408 e. The predicted octanol–water partition coefficient (Wildman–Crippen LogP) is 3.74. The predicted molar refractivity (Wildman–Crippen MR) is 131 cm³/mol. The monoisotopic (exact) mass is 493 g/mol. The molecule has 0 aliphatic carbocycles. The summed E-state index contributed by atoms with van der Waals surface area (Å²) >= 11 is 0. The molecule has 1 aromatic rings. The first kappa shape index (κ1) is 29.7. The third kappa shape index (κ3) is 16.0. The summed E-state index contributed by atoms with van der Waals surface area (Å²) in [5.41, 5.74) is 0.200. The molecule has 0 radical (unpaired) electrons. The molecule has 4 N–H and O–H groups in total. The Morgan fingerprint density at radius 2 is 1.54 bits per heavy atom. The zero-order valence-electron chi connectivity index (χ0n) is 20.9. The molecule has 0 bridgehead atoms. The van der Waals surface area contributed by atoms with E-state index in [2.05, 4.69) is 16.0 Å². The Kier molecular flexibility index (Phi) is 13.9. The van der Waals surface area contributed by atoms with E-state index in [0.29, 0.717) is 51.6 Å². The average Bonchev–Trinajstić information content (AvgIpc) is 2.78. The lowest BCUT2D eigenvalue weighted by molar-refractivity contribution is -0.137. The van der Waals surface area contributed by atoms with Crippen LogP contribution in [0.2, 0.25) is 0 Å². The summed E-state index contributed by atoms with van der Waals surface area (Å²) in [7, 11) is 0. The van der Waals surface area contributed by atoms with E-state index in [0.717, 1.165) is 5.56 Å². The van der Waals surface area contributed by atoms with Crippen LogP contribution in [0.4, 0.5) is 9.59 Å². The number of hydrogen-bond acceptors (Lipinski definition) is 6. The molecule has 35 heavy (non-hydrogen) atoms. The Hall–Kier alpha value is -3.30. The van der Waals surface area contributed by atoms with E-state index in [4.69, 9.17) is 14.6 Å². The van der Waals surface area contributed by atoms with Crippen molar-refractivity contribution in [3.63, 3.8) is 0 Å². The van der Waals surface area contributed by atoms with Crippen molar-refractivity contribution < 1.29 is 33.8 Å². The molecular formula is C25H39N3O7. The zero-order valence-corrected chi connectivity index (χ0v) is 20.9. The largest absolute Gasteiger partial charge is 0.481 e. The third-order valence-corrected chi connectivity index (χ3v) is 4.78. The first-order chi connectivity index (χ1) is 16.6. The first-order valence-corrected chi connectivity index (χ1v) is 12.0. The number of ether oxygens (including phenoxy) is 2. The molecule has 1 rings (SSSR count). The molecule has 0 spiro atoms. The van der Waals surface area contributed by atoms with E-state index in [1.165, 1.54) is 0 Å². The van der Waals surface area contributed by atoms with Crippen LogP contribution in [0.1, 0.15) is 71.3 Å². The Morgan fingerprint density at radius 1 is 0.886 bits per heavy atom. The summed E-state index contributed by atoms with van der Waals surface area (Å²) in [4.78, 5) is 47.2. The van der Waals surface area contributed by atoms with Crippen molar-refractivity contribution in [2.75, 3.05) is 13.1 Å². The molecule has 1 atom stereocenters. The van der Waals surface area contributed by atoms with Crippen LogP contribution in [0, 0.1) is 0 Å². The lowest BCUT2D eigenvalue weighted by Crippen LogP contribution is -2.48. The molecule has 0 aliphatic heterocycles. The van der Waals surface area contributed by atoms with E-state index in [1.807, 2.05) is 30.3 Å². The lowest BCUT2D eigenvalue weighted by Gasteiger charge is -2.23. The number of benzene rings is 1. The van der Waals surface area contributed by atoms with Gasteiger partial charge in [-0.2, -0.15) is 0 Å². The number of hydrogen-bond donors (Lipinski definition) is 4. The van der Waals surface area contributed by atoms with Gasteiger partial charge in [0.1, 0.15) is 18.2 Å². The number of carbonyl (C=O) groups excluding carboxylic acids is 3. The standard InChI is InChI=1S/C25H39N3O7/c1-25(2,3)35-24(33)28-20(22(31)26-16-10-5-8-15-21(29)30)14-9-11-17-27-23(32)34-18-19-12-6-4-7-13-19/h4,6-7,12-13,20H,5,8-11,14-18H2,1-3H3,(H,26,31)(H,27,32)(H,28,33)(H,29,30)/t20-/m0/s1. The number of amides is 3. The minimum Gasteiger partial charge on any atom is -0.481 e. The van der Waals surface area contributed by atoms with E-state index in [9.17, 15) is 19.2 Å². The summed E-state index contributed by atoms with van der Waals surface area (Å²) in [6.07, 6.45) is 2.32. The topological polar surface area (TPSA) is 143 Å². The molecular weight excluding hydrogens is 454 g/mol. The molecule has 1 aromatic carbocycles. The Bertz CT molecular complexity index is 794. The Morgan fingerprint density at radius 3 is 2.20 bits per heavy atom. The second-order valence-electron chi connectivity index (χ2n) is 9.18. The quantitative estimate of drug-likeness (QED) is 0.273. The van der Waals surface area contributed by atoms with E-state index in [-0.39, 0.29) is 18.9 Å². The highest BCUT2D eigenvalue weighted by atomic mass is 16.6. The molecule has 10 heteroatoms. The number of unbranched alkanes of at least 4 members (excludes halogenated alkanes) is 3. The van der Waals surface area contributed by atoms with Gasteiger partial charge in [-0.25, -0.2) is 9.59 Å². The summed E-state index contributed by atoms with van der Waals surface area (Å²) in [6, 6.07) is 8.58. The number of carboxylic acids is 1. The summed E-state index contributed by atoms with van der Waals surface area (Å²) in [5.74, 6) is -1.17. The first-order valence-electron chi connectivity index (χ1n) is 12.0. The molecule has 0 aliphatic rings. The molecule has 0 unspecified atom stereocenters. The van der Waals surface area contributed by atoms with Crippen LogP contribution in [0.3, 0.4) is 0 Å². The van der Waals surface area contributed by atoms with E-state index in [1.54, 1.807) is 20.8 Å². The molecule has 0 saturated carbocycles. The van der Waals surface area contributed by atoms with Crippen LogP contribution < -0.4 is 16.0 Å². The van der Waals surface area contributed by atoms with Crippen LogP contribution >= 0.6 is 0 Å². The van der Waals surface area contributed by atoms with Gasteiger partial charge in [0.2, 0.25) is 5.91 Å². The SMILES string of the molecule is CC(C)(C)OC(=O)N[C@@H](CCCCNC(=O)OCc1ccccc1)C(=O)NCCCCCC(=O)O. The van der Waals surface area contributed by atoms with Crippen molar-refractivity contribution in [2.24, 2.45) is 0 Å². The Labute approximate surface area is 207 Å². The van der Waals surface area contributed by atoms with Crippen LogP contribution in [0.5, 0.6) is 0 Å². The van der Waals surface area contributed by atoms with Crippen molar-refractivity contribution in [2.45, 2.75) is 84.0 Å². The van der Waals surface area contributed by atoms with Gasteiger partial charge < -0.3 is 30.5 Å². The number of nitrogens with one attached hydrogen (secondary N) is 3. The summed E-state index contributed by atoms with van der Waals surface area (Å²) in [6.45, 7) is 6.16. The van der Waals surface area contributed by atoms with Gasteiger partial charge in [-0.1, -0.05) is 36.8 Å². The van der Waals surface area contributed by atoms with Crippen LogP contribution in [-0.2, 0) is 25.7 Å². The minimum absolute atomic E-state index is 0.102. The van der Waals surface area contributed by atoms with Gasteiger partial charge in [0.15, 0.2) is 0 Å². The summed E-state index contributed by atoms with van der Waals surface area (Å²) in [5, 5.41) is 16.7. The highest BCUT2D eigenvalue weighted by Gasteiger charge is 2.23. The number of alkyl carbamates (subject to hydrolysis) is 2. The van der Waals surface area contributed by atoms with Gasteiger partial charge in [-0.05, 0) is 58.4 Å². The normalized spacial score (nSPS) is 11.7. The molecule has 0 fully saturated rings. The zero-order chi connectivity index (χ0) is 26.1. The number of carbonyl (C=O) groups is 4. The molecule has 3 amide bonds. The van der Waals surface area contributed by atoms with E-state index < -0.39 is 29.8 Å². The van der Waals surface area contributed by atoms with Gasteiger partial charge >= 0.3 is 18.2 Å². The van der Waals surface area contributed by atoms with Crippen LogP contribution in [0.25, 0.3) is 0 Å². The average molecular weight is 494 g/mol. The maximum absolute atomic E-state index is 12.6. The van der Waals surface area contributed by atoms with Gasteiger partial charge in [0.05, 0.1) is 0 Å². The Balaban J connectivity index is 2.38. The smallest absolute Gasteiger partial charge is 0.408 e. The number of rotatable bonds is 15. The molecule has 196 valence electrons. The minimum atomic E-state index is -0.838. The van der Waals surface area contributed by atoms with Crippen molar-refractivity contribution in [1.82, 2.24) is 16.0 Å². The fraction of sp³-hybridized carbons (Fsp3) is 0.600. The van der Waals surface area contributed by atoms with Gasteiger partial charge in [-0.15, -0.1) is 0 Å². The van der Waals surface area contributed by atoms with Crippen molar-refractivity contribution in [3.05, 3.63) is 35.9 Å². The molecule has 0 saturated heterocycles. The molecule has 10 nitrogen and oxygen atoms in total. The van der Waals surface area contributed by atoms with Crippen LogP contribution in [-0.4, -0.2) is 53.9 Å². The second kappa shape index (κ2) is 16.3.